The van der Waals surface area contributed by atoms with Crippen LogP contribution in [-0.4, -0.2) is 82.4 Å². The van der Waals surface area contributed by atoms with E-state index in [1.54, 1.807) is 0 Å². The second-order valence-corrected chi connectivity index (χ2v) is 10.4. The van der Waals surface area contributed by atoms with Crippen molar-refractivity contribution in [2.45, 2.75) is 46.0 Å². The molecule has 0 aliphatic carbocycles. The summed E-state index contributed by atoms with van der Waals surface area (Å²) < 4.78 is 6.21. The van der Waals surface area contributed by atoms with Crippen LogP contribution < -0.4 is 14.5 Å². The summed E-state index contributed by atoms with van der Waals surface area (Å²) in [5.41, 5.74) is 5.53. The quantitative estimate of drug-likeness (QED) is 0.413. The third kappa shape index (κ3) is 7.37. The molecule has 0 spiro atoms. The summed E-state index contributed by atoms with van der Waals surface area (Å²) in [5.74, 6) is 1.05. The summed E-state index contributed by atoms with van der Waals surface area (Å²) in [6.07, 6.45) is 6.36. The van der Waals surface area contributed by atoms with E-state index in [1.807, 2.05) is 0 Å². The average molecular weight is 479 g/mol. The first-order valence-corrected chi connectivity index (χ1v) is 13.8. The van der Waals surface area contributed by atoms with Gasteiger partial charge in [-0.1, -0.05) is 43.5 Å². The number of hydrogen-bond donors (Lipinski definition) is 0. The molecule has 35 heavy (non-hydrogen) atoms. The van der Waals surface area contributed by atoms with Gasteiger partial charge in [0.1, 0.15) is 5.75 Å². The first kappa shape index (κ1) is 25.8. The number of anilines is 2. The van der Waals surface area contributed by atoms with Crippen LogP contribution in [0.4, 0.5) is 11.4 Å². The lowest BCUT2D eigenvalue weighted by atomic mass is 10.1. The monoisotopic (exact) mass is 478 g/mol. The van der Waals surface area contributed by atoms with Crippen molar-refractivity contribution in [3.63, 3.8) is 0 Å². The fourth-order valence-electron chi connectivity index (χ4n) is 5.33. The second kappa shape index (κ2) is 13.2. The molecule has 0 saturated carbocycles. The molecule has 0 amide bonds. The third-order valence-electron chi connectivity index (χ3n) is 7.87. The minimum absolute atomic E-state index is 0.824. The van der Waals surface area contributed by atoms with Gasteiger partial charge in [-0.25, -0.2) is 0 Å². The summed E-state index contributed by atoms with van der Waals surface area (Å²) in [6.45, 7) is 15.6. The molecule has 2 aromatic carbocycles. The number of ether oxygens (including phenoxy) is 1. The van der Waals surface area contributed by atoms with Gasteiger partial charge in [0.05, 0.1) is 12.3 Å². The van der Waals surface area contributed by atoms with E-state index in [0.29, 0.717) is 0 Å². The number of likely N-dealkylation sites (N-methyl/N-ethyl adjacent to an activating group) is 1. The van der Waals surface area contributed by atoms with Crippen LogP contribution in [0.15, 0.2) is 42.5 Å². The first-order valence-electron chi connectivity index (χ1n) is 13.8. The molecule has 192 valence electrons. The van der Waals surface area contributed by atoms with Crippen LogP contribution in [0.2, 0.25) is 0 Å². The molecule has 2 aliphatic rings. The molecule has 0 atom stereocenters. The number of aryl methyl sites for hydroxylation is 1. The Morgan fingerprint density at radius 1 is 0.657 bits per heavy atom. The van der Waals surface area contributed by atoms with Gasteiger partial charge in [-0.05, 0) is 69.6 Å². The van der Waals surface area contributed by atoms with Crippen molar-refractivity contribution in [1.82, 2.24) is 9.80 Å². The third-order valence-corrected chi connectivity index (χ3v) is 7.87. The molecule has 2 heterocycles. The number of hydrogen-bond acceptors (Lipinski definition) is 5. The summed E-state index contributed by atoms with van der Waals surface area (Å²) in [4.78, 5) is 10.1. The molecule has 2 aromatic rings. The van der Waals surface area contributed by atoms with Crippen molar-refractivity contribution in [1.29, 1.82) is 0 Å². The highest BCUT2D eigenvalue weighted by molar-refractivity contribution is 5.59. The van der Waals surface area contributed by atoms with E-state index in [0.717, 1.165) is 58.0 Å². The summed E-state index contributed by atoms with van der Waals surface area (Å²) >= 11 is 0. The van der Waals surface area contributed by atoms with Gasteiger partial charge in [-0.2, -0.15) is 0 Å². The van der Waals surface area contributed by atoms with Crippen molar-refractivity contribution in [2.24, 2.45) is 0 Å². The van der Waals surface area contributed by atoms with Crippen LogP contribution in [-0.2, 0) is 0 Å². The normalized spacial score (nSPS) is 17.7. The lowest BCUT2D eigenvalue weighted by Gasteiger charge is -2.37. The maximum Gasteiger partial charge on any atom is 0.142 e. The average Bonchev–Trinajstić information content (AvgIpc) is 2.88. The largest absolute Gasteiger partial charge is 0.491 e. The van der Waals surface area contributed by atoms with Gasteiger partial charge >= 0.3 is 0 Å². The zero-order valence-corrected chi connectivity index (χ0v) is 22.3. The first-order chi connectivity index (χ1) is 17.1. The zero-order valence-electron chi connectivity index (χ0n) is 22.3. The molecule has 5 nitrogen and oxygen atoms in total. The van der Waals surface area contributed by atoms with Gasteiger partial charge in [0.15, 0.2) is 0 Å². The maximum absolute atomic E-state index is 6.21. The van der Waals surface area contributed by atoms with Crippen molar-refractivity contribution in [3.8, 4) is 5.75 Å². The van der Waals surface area contributed by atoms with E-state index >= 15 is 0 Å². The zero-order chi connectivity index (χ0) is 24.5. The van der Waals surface area contributed by atoms with E-state index in [2.05, 4.69) is 83.0 Å². The van der Waals surface area contributed by atoms with E-state index in [1.165, 1.54) is 67.8 Å². The lowest BCUT2D eigenvalue weighted by Crippen LogP contribution is -2.46. The van der Waals surface area contributed by atoms with Gasteiger partial charge in [-0.3, -0.25) is 4.90 Å². The Labute approximate surface area is 213 Å². The molecule has 0 N–H and O–H groups in total. The molecule has 0 aromatic heterocycles. The minimum atomic E-state index is 0.824. The fraction of sp³-hybridized carbons (Fsp3) is 0.600. The molecular formula is C30H46N4O. The highest BCUT2D eigenvalue weighted by Crippen LogP contribution is 2.29. The lowest BCUT2D eigenvalue weighted by molar-refractivity contribution is 0.251. The van der Waals surface area contributed by atoms with Crippen molar-refractivity contribution in [2.75, 3.05) is 82.4 Å². The predicted octanol–water partition coefficient (Wildman–Crippen LogP) is 5.21. The molecule has 2 fully saturated rings. The molecule has 2 saturated heterocycles. The van der Waals surface area contributed by atoms with Gasteiger partial charge in [-0.15, -0.1) is 0 Å². The number of benzene rings is 2. The van der Waals surface area contributed by atoms with Crippen LogP contribution in [0.3, 0.4) is 0 Å². The molecule has 0 unspecified atom stereocenters. The van der Waals surface area contributed by atoms with Gasteiger partial charge in [0.25, 0.3) is 0 Å². The summed E-state index contributed by atoms with van der Waals surface area (Å²) in [7, 11) is 2.20. The Morgan fingerprint density at radius 3 is 2.09 bits per heavy atom. The summed E-state index contributed by atoms with van der Waals surface area (Å²) in [5, 5.41) is 0. The van der Waals surface area contributed by atoms with Crippen LogP contribution >= 0.6 is 0 Å². The second-order valence-electron chi connectivity index (χ2n) is 10.4. The minimum Gasteiger partial charge on any atom is -0.491 e. The highest BCUT2D eigenvalue weighted by Gasteiger charge is 2.19. The Hall–Kier alpha value is -2.24. The number of piperazine rings is 2. The Morgan fingerprint density at radius 2 is 1.29 bits per heavy atom. The molecule has 2 aliphatic heterocycles. The van der Waals surface area contributed by atoms with Crippen LogP contribution in [0.25, 0.3) is 0 Å². The molecule has 0 radical (unpaired) electrons. The van der Waals surface area contributed by atoms with E-state index in [-0.39, 0.29) is 0 Å². The Bertz CT molecular complexity index is 901. The van der Waals surface area contributed by atoms with Crippen LogP contribution in [0, 0.1) is 13.8 Å². The SMILES string of the molecule is Cc1cccc(N2CCN(CCCCCCCOc3ccccc3N3CCN(C)CC3)CC2)c1C. The Balaban J connectivity index is 1.06. The number of unbranched alkanes of at least 4 members (excludes halogenated alkanes) is 4. The van der Waals surface area contributed by atoms with Crippen molar-refractivity contribution >= 4 is 11.4 Å². The predicted molar refractivity (Wildman–Crippen MR) is 149 cm³/mol. The molecule has 4 rings (SSSR count). The highest BCUT2D eigenvalue weighted by atomic mass is 16.5. The number of para-hydroxylation sites is 2. The van der Waals surface area contributed by atoms with Gasteiger partial charge in [0, 0.05) is 58.0 Å². The van der Waals surface area contributed by atoms with Crippen LogP contribution in [0.1, 0.15) is 43.2 Å². The summed E-state index contributed by atoms with van der Waals surface area (Å²) in [6, 6.07) is 15.3. The van der Waals surface area contributed by atoms with E-state index in [4.69, 9.17) is 4.74 Å². The van der Waals surface area contributed by atoms with Gasteiger partial charge < -0.3 is 19.4 Å². The van der Waals surface area contributed by atoms with E-state index in [9.17, 15) is 0 Å². The van der Waals surface area contributed by atoms with Gasteiger partial charge in [0.2, 0.25) is 0 Å². The number of nitrogens with zero attached hydrogens (tertiary/aromatic N) is 4. The van der Waals surface area contributed by atoms with Crippen LogP contribution in [0.5, 0.6) is 5.75 Å². The maximum atomic E-state index is 6.21. The van der Waals surface area contributed by atoms with Crippen molar-refractivity contribution in [3.05, 3.63) is 53.6 Å². The van der Waals surface area contributed by atoms with Crippen molar-refractivity contribution < 1.29 is 4.74 Å². The fourth-order valence-corrected chi connectivity index (χ4v) is 5.33. The smallest absolute Gasteiger partial charge is 0.142 e. The molecule has 5 heteroatoms. The van der Waals surface area contributed by atoms with E-state index < -0.39 is 0 Å². The number of rotatable bonds is 11. The molecular weight excluding hydrogens is 432 g/mol. The molecule has 0 bridgehead atoms. The standard InChI is InChI=1S/C30H46N4O/c1-26-12-11-14-28(27(26)2)33-23-19-32(20-24-33)16-9-5-4-6-10-25-35-30-15-8-7-13-29(30)34-21-17-31(3)18-22-34/h7-8,11-15H,4-6,9-10,16-25H2,1-3H3. The Kier molecular flexibility index (Phi) is 9.73. The topological polar surface area (TPSA) is 22.2 Å².